The van der Waals surface area contributed by atoms with Crippen LogP contribution < -0.4 is 5.32 Å². The highest BCUT2D eigenvalue weighted by Gasteiger charge is 2.36. The van der Waals surface area contributed by atoms with Crippen LogP contribution >= 0.6 is 23.7 Å². The quantitative estimate of drug-likeness (QED) is 0.900. The minimum absolute atomic E-state index is 0. The molecule has 0 amide bonds. The van der Waals surface area contributed by atoms with Gasteiger partial charge in [0.05, 0.1) is 0 Å². The first-order valence-electron chi connectivity index (χ1n) is 6.62. The fourth-order valence-corrected chi connectivity index (χ4v) is 3.38. The highest BCUT2D eigenvalue weighted by Crippen LogP contribution is 2.37. The number of hydrogen-bond donors (Lipinski definition) is 1. The van der Waals surface area contributed by atoms with E-state index in [0.717, 1.165) is 37.1 Å². The van der Waals surface area contributed by atoms with Gasteiger partial charge in [0.15, 0.2) is 5.69 Å². The average molecular weight is 351 g/mol. The molecule has 0 radical (unpaired) electrons. The first-order chi connectivity index (χ1) is 10.1. The van der Waals surface area contributed by atoms with E-state index in [0.29, 0.717) is 0 Å². The molecule has 1 atom stereocenters. The second kappa shape index (κ2) is 6.89. The molecule has 1 unspecified atom stereocenters. The smallest absolute Gasteiger partial charge is 0.316 e. The third-order valence-corrected chi connectivity index (χ3v) is 4.51. The first-order valence-corrected chi connectivity index (χ1v) is 7.44. The Labute approximate surface area is 135 Å². The van der Waals surface area contributed by atoms with Gasteiger partial charge in [-0.25, -0.2) is 0 Å². The zero-order valence-electron chi connectivity index (χ0n) is 11.4. The second-order valence-corrected chi connectivity index (χ2v) is 5.90. The summed E-state index contributed by atoms with van der Waals surface area (Å²) in [6.07, 6.45) is -1.32. The van der Waals surface area contributed by atoms with Crippen molar-refractivity contribution in [2.24, 2.45) is 0 Å². The lowest BCUT2D eigenvalue weighted by Crippen LogP contribution is -2.28. The van der Waals surface area contributed by atoms with Crippen molar-refractivity contribution in [2.45, 2.75) is 24.9 Å². The average Bonchev–Trinajstić information content (AvgIpc) is 2.97. The van der Waals surface area contributed by atoms with Crippen molar-refractivity contribution in [3.8, 4) is 10.6 Å². The lowest BCUT2D eigenvalue weighted by Gasteiger charge is -2.19. The van der Waals surface area contributed by atoms with Crippen LogP contribution in [0.5, 0.6) is 0 Å². The maximum atomic E-state index is 13.0. The van der Waals surface area contributed by atoms with Crippen molar-refractivity contribution in [1.82, 2.24) is 20.5 Å². The van der Waals surface area contributed by atoms with E-state index in [1.54, 1.807) is 0 Å². The highest BCUT2D eigenvalue weighted by atomic mass is 35.5. The maximum absolute atomic E-state index is 13.0. The SMILES string of the molecule is Cl.FC(F)(F)c1ncccc1-c1nnc(C2CCCNC2)s1. The van der Waals surface area contributed by atoms with Crippen molar-refractivity contribution in [3.63, 3.8) is 0 Å². The van der Waals surface area contributed by atoms with Gasteiger partial charge in [-0.1, -0.05) is 11.3 Å². The molecule has 1 aliphatic rings. The van der Waals surface area contributed by atoms with Crippen molar-refractivity contribution >= 4 is 23.7 Å². The van der Waals surface area contributed by atoms with Gasteiger partial charge >= 0.3 is 6.18 Å². The Bertz CT molecular complexity index is 626. The summed E-state index contributed by atoms with van der Waals surface area (Å²) in [5.74, 6) is 0.232. The molecule has 22 heavy (non-hydrogen) atoms. The molecule has 2 aromatic rings. The van der Waals surface area contributed by atoms with E-state index in [1.165, 1.54) is 23.5 Å². The van der Waals surface area contributed by atoms with E-state index in [9.17, 15) is 13.2 Å². The van der Waals surface area contributed by atoms with Gasteiger partial charge < -0.3 is 5.32 Å². The van der Waals surface area contributed by atoms with Gasteiger partial charge in [0, 0.05) is 24.2 Å². The van der Waals surface area contributed by atoms with Crippen molar-refractivity contribution in [2.75, 3.05) is 13.1 Å². The van der Waals surface area contributed by atoms with Gasteiger partial charge in [-0.3, -0.25) is 4.98 Å². The summed E-state index contributed by atoms with van der Waals surface area (Å²) in [5.41, 5.74) is -0.910. The second-order valence-electron chi connectivity index (χ2n) is 4.89. The standard InChI is InChI=1S/C13H13F3N4S.ClH/c14-13(15,16)10-9(4-2-6-18-10)12-20-19-11(21-12)8-3-1-5-17-7-8;/h2,4,6,8,17H,1,3,5,7H2;1H. The first kappa shape index (κ1) is 17.1. The summed E-state index contributed by atoms with van der Waals surface area (Å²) in [5, 5.41) is 12.3. The monoisotopic (exact) mass is 350 g/mol. The minimum Gasteiger partial charge on any atom is -0.316 e. The Balaban J connectivity index is 0.00000176. The van der Waals surface area contributed by atoms with Crippen LogP contribution in [-0.4, -0.2) is 28.3 Å². The van der Waals surface area contributed by atoms with Gasteiger partial charge in [-0.05, 0) is 31.5 Å². The number of aromatic nitrogens is 3. The number of nitrogens with zero attached hydrogens (tertiary/aromatic N) is 3. The Hall–Kier alpha value is -1.25. The molecule has 1 fully saturated rings. The molecular weight excluding hydrogens is 337 g/mol. The van der Waals surface area contributed by atoms with E-state index in [1.807, 2.05) is 0 Å². The molecule has 2 aromatic heterocycles. The molecule has 4 nitrogen and oxygen atoms in total. The van der Waals surface area contributed by atoms with E-state index in [-0.39, 0.29) is 28.9 Å². The molecule has 3 rings (SSSR count). The summed E-state index contributed by atoms with van der Waals surface area (Å²) >= 11 is 1.22. The number of piperidine rings is 1. The van der Waals surface area contributed by atoms with Gasteiger partial charge in [-0.2, -0.15) is 13.2 Å². The predicted molar refractivity (Wildman–Crippen MR) is 80.2 cm³/mol. The number of nitrogens with one attached hydrogen (secondary N) is 1. The van der Waals surface area contributed by atoms with Crippen LogP contribution in [0.25, 0.3) is 10.6 Å². The summed E-state index contributed by atoms with van der Waals surface area (Å²) < 4.78 is 38.9. The van der Waals surface area contributed by atoms with Gasteiger partial charge in [-0.15, -0.1) is 22.6 Å². The molecule has 3 heterocycles. The number of rotatable bonds is 2. The third kappa shape index (κ3) is 3.56. The molecule has 0 aromatic carbocycles. The van der Waals surface area contributed by atoms with E-state index in [4.69, 9.17) is 0 Å². The molecular formula is C13H14ClF3N4S. The molecule has 0 aliphatic carbocycles. The number of hydrogen-bond acceptors (Lipinski definition) is 5. The van der Waals surface area contributed by atoms with Crippen molar-refractivity contribution in [1.29, 1.82) is 0 Å². The van der Waals surface area contributed by atoms with Crippen LogP contribution in [-0.2, 0) is 6.18 Å². The van der Waals surface area contributed by atoms with Crippen LogP contribution in [0.4, 0.5) is 13.2 Å². The van der Waals surface area contributed by atoms with Crippen LogP contribution in [0, 0.1) is 0 Å². The van der Waals surface area contributed by atoms with Crippen LogP contribution in [0.1, 0.15) is 29.5 Å². The summed E-state index contributed by atoms with van der Waals surface area (Å²) in [4.78, 5) is 3.45. The lowest BCUT2D eigenvalue weighted by atomic mass is 10.0. The maximum Gasteiger partial charge on any atom is 0.434 e. The largest absolute Gasteiger partial charge is 0.434 e. The van der Waals surface area contributed by atoms with Crippen LogP contribution in [0.3, 0.4) is 0 Å². The molecule has 1 saturated heterocycles. The van der Waals surface area contributed by atoms with Crippen LogP contribution in [0.15, 0.2) is 18.3 Å². The Morgan fingerprint density at radius 3 is 2.77 bits per heavy atom. The summed E-state index contributed by atoms with van der Waals surface area (Å²) in [6.45, 7) is 1.77. The minimum atomic E-state index is -4.49. The predicted octanol–water partition coefficient (Wildman–Crippen LogP) is 3.51. The van der Waals surface area contributed by atoms with E-state index < -0.39 is 11.9 Å². The van der Waals surface area contributed by atoms with Gasteiger partial charge in [0.2, 0.25) is 0 Å². The Morgan fingerprint density at radius 1 is 1.27 bits per heavy atom. The molecule has 0 bridgehead atoms. The molecule has 9 heteroatoms. The molecule has 1 aliphatic heterocycles. The normalized spacial score (nSPS) is 18.8. The van der Waals surface area contributed by atoms with Crippen LogP contribution in [0.2, 0.25) is 0 Å². The van der Waals surface area contributed by atoms with E-state index >= 15 is 0 Å². The molecule has 0 spiro atoms. The number of halogens is 4. The van der Waals surface area contributed by atoms with Crippen molar-refractivity contribution in [3.05, 3.63) is 29.0 Å². The van der Waals surface area contributed by atoms with Gasteiger partial charge in [0.25, 0.3) is 0 Å². The zero-order valence-corrected chi connectivity index (χ0v) is 13.1. The fourth-order valence-electron chi connectivity index (χ4n) is 2.37. The van der Waals surface area contributed by atoms with Crippen molar-refractivity contribution < 1.29 is 13.2 Å². The highest BCUT2D eigenvalue weighted by molar-refractivity contribution is 7.14. The molecule has 120 valence electrons. The zero-order chi connectivity index (χ0) is 14.9. The Morgan fingerprint density at radius 2 is 2.09 bits per heavy atom. The Kier molecular flexibility index (Phi) is 5.36. The lowest BCUT2D eigenvalue weighted by molar-refractivity contribution is -0.140. The third-order valence-electron chi connectivity index (χ3n) is 3.39. The van der Waals surface area contributed by atoms with E-state index in [2.05, 4.69) is 20.5 Å². The number of pyridine rings is 1. The fraction of sp³-hybridized carbons (Fsp3) is 0.462. The summed E-state index contributed by atoms with van der Waals surface area (Å²) in [7, 11) is 0. The molecule has 0 saturated carbocycles. The topological polar surface area (TPSA) is 50.7 Å². The number of alkyl halides is 3. The summed E-state index contributed by atoms with van der Waals surface area (Å²) in [6, 6.07) is 2.87. The van der Waals surface area contributed by atoms with Gasteiger partial charge in [0.1, 0.15) is 10.0 Å². The molecule has 1 N–H and O–H groups in total.